The first kappa shape index (κ1) is 17.2. The van der Waals surface area contributed by atoms with Gasteiger partial charge in [-0.15, -0.1) is 0 Å². The Kier molecular flexibility index (Phi) is 4.54. The van der Waals surface area contributed by atoms with Crippen molar-refractivity contribution in [3.63, 3.8) is 0 Å². The number of aryl methyl sites for hydroxylation is 2. The summed E-state index contributed by atoms with van der Waals surface area (Å²) in [5.74, 6) is 0.0921. The van der Waals surface area contributed by atoms with E-state index in [1.54, 1.807) is 17.0 Å². The van der Waals surface area contributed by atoms with E-state index >= 15 is 0 Å². The van der Waals surface area contributed by atoms with Crippen LogP contribution in [0.1, 0.15) is 24.0 Å². The van der Waals surface area contributed by atoms with E-state index in [9.17, 15) is 13.6 Å². The number of nitrogens with zero attached hydrogens (tertiary/aromatic N) is 2. The fraction of sp³-hybridized carbons (Fsp3) is 0.350. The van der Waals surface area contributed by atoms with Crippen LogP contribution in [0.25, 0.3) is 0 Å². The Labute approximate surface area is 155 Å². The van der Waals surface area contributed by atoms with E-state index in [0.29, 0.717) is 6.54 Å². The molecule has 6 heteroatoms. The number of amides is 1. The topological polar surface area (TPSA) is 63.7 Å². The van der Waals surface area contributed by atoms with Gasteiger partial charge in [0.2, 0.25) is 5.91 Å². The summed E-state index contributed by atoms with van der Waals surface area (Å²) in [6.45, 7) is 3.65. The molecule has 2 aliphatic rings. The zero-order valence-corrected chi connectivity index (χ0v) is 15.5. The Morgan fingerprint density at radius 1 is 1.12 bits per heavy atom. The lowest BCUT2D eigenvalue weighted by Gasteiger charge is -2.35. The van der Waals surface area contributed by atoms with Crippen LogP contribution in [0.15, 0.2) is 47.4 Å². The molecule has 2 aliphatic heterocycles. The highest BCUT2D eigenvalue weighted by Gasteiger charge is 2.38. The van der Waals surface area contributed by atoms with Crippen LogP contribution in [0.4, 0.5) is 11.4 Å². The summed E-state index contributed by atoms with van der Waals surface area (Å²) in [5, 5.41) is 0. The summed E-state index contributed by atoms with van der Waals surface area (Å²) in [5.41, 5.74) is 4.51. The summed E-state index contributed by atoms with van der Waals surface area (Å²) in [7, 11) is 0. The number of hydrogen-bond donors (Lipinski definition) is 0. The van der Waals surface area contributed by atoms with Gasteiger partial charge >= 0.3 is 0 Å². The molecular weight excluding hydrogens is 348 g/mol. The number of rotatable bonds is 3. The van der Waals surface area contributed by atoms with Gasteiger partial charge in [0.25, 0.3) is 0 Å². The largest absolute Gasteiger partial charge is 0.768 e. The summed E-state index contributed by atoms with van der Waals surface area (Å²) in [6.07, 6.45) is 2.90. The van der Waals surface area contributed by atoms with Crippen LogP contribution in [0.3, 0.4) is 0 Å². The van der Waals surface area contributed by atoms with E-state index in [1.807, 2.05) is 0 Å². The molecule has 2 heterocycles. The minimum Gasteiger partial charge on any atom is -0.768 e. The summed E-state index contributed by atoms with van der Waals surface area (Å²) in [6, 6.07) is 12.8. The third-order valence-corrected chi connectivity index (χ3v) is 5.94. The van der Waals surface area contributed by atoms with Gasteiger partial charge in [0, 0.05) is 29.4 Å². The molecule has 1 saturated heterocycles. The lowest BCUT2D eigenvalue weighted by Crippen LogP contribution is -2.44. The van der Waals surface area contributed by atoms with Crippen molar-refractivity contribution in [2.75, 3.05) is 22.9 Å². The molecule has 0 aliphatic carbocycles. The highest BCUT2D eigenvalue weighted by Crippen LogP contribution is 2.34. The molecule has 1 fully saturated rings. The third kappa shape index (κ3) is 3.04. The number of carbonyl (C=O) groups excluding carboxylic acids is 1. The van der Waals surface area contributed by atoms with Crippen molar-refractivity contribution >= 4 is 28.4 Å². The van der Waals surface area contributed by atoms with E-state index in [1.165, 1.54) is 28.9 Å². The molecule has 0 saturated carbocycles. The zero-order chi connectivity index (χ0) is 18.3. The average Bonchev–Trinajstić information content (AvgIpc) is 3.02. The Hall–Kier alpha value is -2.18. The Morgan fingerprint density at radius 2 is 1.88 bits per heavy atom. The molecule has 2 aromatic carbocycles. The van der Waals surface area contributed by atoms with E-state index in [2.05, 4.69) is 30.0 Å². The van der Waals surface area contributed by atoms with Crippen LogP contribution >= 0.6 is 0 Å². The third-order valence-electron chi connectivity index (χ3n) is 5.28. The van der Waals surface area contributed by atoms with Crippen LogP contribution < -0.4 is 9.80 Å². The van der Waals surface area contributed by atoms with E-state index in [4.69, 9.17) is 0 Å². The fourth-order valence-electron chi connectivity index (χ4n) is 4.03. The van der Waals surface area contributed by atoms with Crippen LogP contribution in [-0.2, 0) is 22.3 Å². The molecule has 26 heavy (non-hydrogen) atoms. The van der Waals surface area contributed by atoms with Gasteiger partial charge in [0.15, 0.2) is 0 Å². The molecule has 0 N–H and O–H groups in total. The normalized spacial score (nSPS) is 21.0. The number of hydrogen-bond acceptors (Lipinski definition) is 4. The molecule has 136 valence electrons. The molecular formula is C20H21N2O3S-. The number of benzene rings is 2. The molecule has 5 nitrogen and oxygen atoms in total. The molecule has 2 atom stereocenters. The van der Waals surface area contributed by atoms with Crippen molar-refractivity contribution in [1.29, 1.82) is 0 Å². The van der Waals surface area contributed by atoms with Crippen LogP contribution in [0.5, 0.6) is 0 Å². The van der Waals surface area contributed by atoms with Gasteiger partial charge in [-0.1, -0.05) is 17.7 Å². The summed E-state index contributed by atoms with van der Waals surface area (Å²) >= 11 is -2.25. The number of anilines is 2. The van der Waals surface area contributed by atoms with Crippen molar-refractivity contribution < 1.29 is 13.6 Å². The smallest absolute Gasteiger partial charge is 0.249 e. The van der Waals surface area contributed by atoms with Gasteiger partial charge in [-0.3, -0.25) is 9.00 Å². The van der Waals surface area contributed by atoms with Gasteiger partial charge < -0.3 is 14.4 Å². The molecule has 0 radical (unpaired) electrons. The highest BCUT2D eigenvalue weighted by molar-refractivity contribution is 7.79. The Bertz CT molecular complexity index is 866. The standard InChI is InChI=1S/C20H22N2O3S/c1-14-4-9-18-15(13-14)3-2-11-22(18)19-10-12-21(20(19)23)16-5-7-17(8-6-16)26(24)25/h4-9,13,19H,2-3,10-12H2,1H3,(H,24,25)/p-1/t19-/m1/s1. The van der Waals surface area contributed by atoms with Crippen molar-refractivity contribution in [2.45, 2.75) is 37.1 Å². The van der Waals surface area contributed by atoms with Crippen LogP contribution in [0, 0.1) is 6.92 Å². The monoisotopic (exact) mass is 369 g/mol. The van der Waals surface area contributed by atoms with Gasteiger partial charge in [0.05, 0.1) is 0 Å². The van der Waals surface area contributed by atoms with Crippen molar-refractivity contribution in [2.24, 2.45) is 0 Å². The van der Waals surface area contributed by atoms with Crippen molar-refractivity contribution in [3.8, 4) is 0 Å². The maximum atomic E-state index is 13.1. The molecule has 2 aromatic rings. The number of carbonyl (C=O) groups is 1. The highest BCUT2D eigenvalue weighted by atomic mass is 32.2. The first-order valence-corrected chi connectivity index (χ1v) is 9.99. The first-order chi connectivity index (χ1) is 12.5. The molecule has 1 amide bonds. The first-order valence-electron chi connectivity index (χ1n) is 8.91. The van der Waals surface area contributed by atoms with Gasteiger partial charge in [0.1, 0.15) is 6.04 Å². The zero-order valence-electron chi connectivity index (χ0n) is 14.7. The second-order valence-corrected chi connectivity index (χ2v) is 7.89. The van der Waals surface area contributed by atoms with Gasteiger partial charge in [-0.2, -0.15) is 0 Å². The van der Waals surface area contributed by atoms with Crippen molar-refractivity contribution in [3.05, 3.63) is 53.6 Å². The molecule has 0 spiro atoms. The van der Waals surface area contributed by atoms with Gasteiger partial charge in [-0.05, 0) is 73.2 Å². The Morgan fingerprint density at radius 3 is 2.62 bits per heavy atom. The van der Waals surface area contributed by atoms with E-state index in [-0.39, 0.29) is 16.8 Å². The predicted molar refractivity (Wildman–Crippen MR) is 101 cm³/mol. The maximum absolute atomic E-state index is 13.1. The minimum atomic E-state index is -2.25. The second kappa shape index (κ2) is 6.85. The Balaban J connectivity index is 1.58. The second-order valence-electron chi connectivity index (χ2n) is 6.95. The van der Waals surface area contributed by atoms with E-state index < -0.39 is 11.1 Å². The quantitative estimate of drug-likeness (QED) is 0.781. The van der Waals surface area contributed by atoms with Crippen LogP contribution in [-0.4, -0.2) is 33.8 Å². The summed E-state index contributed by atoms with van der Waals surface area (Å²) in [4.78, 5) is 17.3. The lowest BCUT2D eigenvalue weighted by molar-refractivity contribution is -0.118. The predicted octanol–water partition coefficient (Wildman–Crippen LogP) is 2.79. The number of fused-ring (bicyclic) bond motifs is 1. The molecule has 0 bridgehead atoms. The lowest BCUT2D eigenvalue weighted by atomic mass is 9.97. The molecule has 1 unspecified atom stereocenters. The van der Waals surface area contributed by atoms with Crippen LogP contribution in [0.2, 0.25) is 0 Å². The summed E-state index contributed by atoms with van der Waals surface area (Å²) < 4.78 is 22.0. The maximum Gasteiger partial charge on any atom is 0.249 e. The molecule has 4 rings (SSSR count). The minimum absolute atomic E-state index is 0.0921. The van der Waals surface area contributed by atoms with Gasteiger partial charge in [-0.25, -0.2) is 0 Å². The van der Waals surface area contributed by atoms with E-state index in [0.717, 1.165) is 31.5 Å². The molecule has 0 aromatic heterocycles. The average molecular weight is 369 g/mol. The fourth-order valence-corrected chi connectivity index (χ4v) is 4.38. The van der Waals surface area contributed by atoms with Crippen molar-refractivity contribution in [1.82, 2.24) is 0 Å². The SMILES string of the molecule is Cc1ccc2c(c1)CCCN2[C@@H]1CCN(c2ccc(S(=O)[O-])cc2)C1=O.